The lowest BCUT2D eigenvalue weighted by molar-refractivity contribution is -0.157. The van der Waals surface area contributed by atoms with E-state index in [0.29, 0.717) is 10.5 Å². The Morgan fingerprint density at radius 2 is 1.24 bits per heavy atom. The van der Waals surface area contributed by atoms with Gasteiger partial charge in [-0.25, -0.2) is 9.97 Å². The third-order valence-corrected chi connectivity index (χ3v) is 16.9. The van der Waals surface area contributed by atoms with Crippen LogP contribution in [-0.4, -0.2) is 192 Å². The Hall–Kier alpha value is -9.57. The molecule has 0 aliphatic carbocycles. The number of unbranched alkanes of at least 4 members (excludes halogenated alkanes) is 1. The Morgan fingerprint density at radius 3 is 1.82 bits per heavy atom. The number of aromatic nitrogens is 3. The van der Waals surface area contributed by atoms with Gasteiger partial charge in [-0.2, -0.15) is 0 Å². The second-order valence-electron chi connectivity index (χ2n) is 25.1. The first-order valence-corrected chi connectivity index (χ1v) is 33.4. The van der Waals surface area contributed by atoms with E-state index in [2.05, 4.69) is 62.8 Å². The van der Waals surface area contributed by atoms with Crippen molar-refractivity contribution in [2.45, 2.75) is 199 Å². The van der Waals surface area contributed by atoms with Gasteiger partial charge in [0.1, 0.15) is 66.1 Å². The number of aliphatic carboxylic acids is 2. The number of Topliss-reactive ketones (excluding diaryl/α,β-unsaturated/α-hetero) is 1. The minimum absolute atomic E-state index is 0.0229. The number of nitrogens with zero attached hydrogens (tertiary/aromatic N) is 3. The molecule has 33 nitrogen and oxygen atoms in total. The highest BCUT2D eigenvalue weighted by molar-refractivity contribution is 7.12. The number of amides is 12. The average Bonchev–Trinajstić information content (AvgIpc) is 1.03. The van der Waals surface area contributed by atoms with Gasteiger partial charge in [0, 0.05) is 42.5 Å². The molecule has 0 spiro atoms. The van der Waals surface area contributed by atoms with Crippen molar-refractivity contribution in [1.82, 2.24) is 67.7 Å². The number of carbonyl (C=O) groups is 15. The van der Waals surface area contributed by atoms with E-state index >= 15 is 14.4 Å². The van der Waals surface area contributed by atoms with Gasteiger partial charge >= 0.3 is 11.9 Å². The minimum atomic E-state index is -2.34. The van der Waals surface area contributed by atoms with Crippen molar-refractivity contribution in [2.24, 2.45) is 40.9 Å². The van der Waals surface area contributed by atoms with Crippen LogP contribution in [0.3, 0.4) is 0 Å². The van der Waals surface area contributed by atoms with E-state index in [9.17, 15) is 67.7 Å². The van der Waals surface area contributed by atoms with Crippen molar-refractivity contribution in [1.29, 1.82) is 0 Å². The number of aromatic amines is 1. The zero-order valence-corrected chi connectivity index (χ0v) is 57.1. The predicted octanol–water partition coefficient (Wildman–Crippen LogP) is -1.26. The number of ketones is 1. The first-order valence-electron chi connectivity index (χ1n) is 32.5. The average molecular weight is 1390 g/mol. The summed E-state index contributed by atoms with van der Waals surface area (Å²) in [6.45, 7) is 12.7. The fourth-order valence-corrected chi connectivity index (χ4v) is 11.3. The highest BCUT2D eigenvalue weighted by Gasteiger charge is 2.46. The van der Waals surface area contributed by atoms with E-state index in [1.54, 1.807) is 71.9 Å². The van der Waals surface area contributed by atoms with Crippen LogP contribution in [0.5, 0.6) is 0 Å². The van der Waals surface area contributed by atoms with Crippen molar-refractivity contribution >= 4 is 99.9 Å². The molecule has 538 valence electrons. The summed E-state index contributed by atoms with van der Waals surface area (Å²) in [4.78, 5) is 225. The molecule has 0 radical (unpaired) electrons. The van der Waals surface area contributed by atoms with E-state index in [1.165, 1.54) is 31.8 Å². The van der Waals surface area contributed by atoms with Crippen molar-refractivity contribution in [2.75, 3.05) is 13.1 Å². The van der Waals surface area contributed by atoms with E-state index in [0.717, 1.165) is 11.3 Å². The SMILES string of the molecule is CC[C@H](C)[C@@H]1NC(=O)[C@@H](CCCN)NC(=O)[C@H](CCCCN)N(C(=O)[C@@H](NC(=O)[C@@H](CCC(=O)O)NC(=O)[C@H](CC(C)C)NC(=O)c2csc(C(=O)C(C)C)n2)C(C)C)C(=O)[C@H](CC(N)=O)NC(=O)[C@@H](CC(=O)O)NC(=O)[C@H](Cc2cnc[nH]2)NC(=O)[C@@H](Cc2ccccc2)NC1=O. The minimum Gasteiger partial charge on any atom is -0.481 e. The summed E-state index contributed by atoms with van der Waals surface area (Å²) in [5, 5.41) is 44.0. The largest absolute Gasteiger partial charge is 0.481 e. The fraction of sp³-hybridized carbons (Fsp3) is 0.578. The Bertz CT molecular complexity index is 3290. The number of thiazole rings is 1. The Labute approximate surface area is 571 Å². The smallest absolute Gasteiger partial charge is 0.305 e. The lowest BCUT2D eigenvalue weighted by Crippen LogP contribution is -2.65. The Kier molecular flexibility index (Phi) is 32.7. The van der Waals surface area contributed by atoms with E-state index in [1.807, 2.05) is 0 Å². The molecule has 3 aromatic rings. The number of H-pyrrole nitrogens is 1. The third kappa shape index (κ3) is 25.1. The lowest BCUT2D eigenvalue weighted by Gasteiger charge is -2.37. The van der Waals surface area contributed by atoms with Gasteiger partial charge in [-0.05, 0) is 81.4 Å². The van der Waals surface area contributed by atoms with Crippen LogP contribution in [-0.2, 0) is 75.2 Å². The quantitative estimate of drug-likeness (QED) is 0.0256. The molecule has 1 fully saturated rings. The summed E-state index contributed by atoms with van der Waals surface area (Å²) in [7, 11) is 0. The number of hydrogen-bond donors (Lipinski definition) is 15. The molecule has 0 unspecified atom stereocenters. The molecule has 34 heteroatoms. The number of nitrogens with two attached hydrogens (primary N) is 3. The number of primary amides is 1. The third-order valence-electron chi connectivity index (χ3n) is 16.0. The van der Waals surface area contributed by atoms with Gasteiger partial charge in [0.15, 0.2) is 10.8 Å². The summed E-state index contributed by atoms with van der Waals surface area (Å²) >= 11 is 0.907. The molecule has 4 rings (SSSR count). The number of carbonyl (C=O) groups excluding carboxylic acids is 13. The standard InChI is InChI=1S/C64H94N16O17S/c1-9-35(8)51-61(95)75-41(25-36-16-11-10-12-17-36)56(90)73-42(26-37-29-68-31-69-37)57(91)74-43(28-49(84)85)58(92)76-44(27-47(67)81)63(96)80(46(19-13-14-22-65)60(94)71-38(18-15-23-66)53(87)79-51)64(97)50(33(4)5)78-54(88)39(20-21-48(82)83)70-55(89)40(24-32(2)3)72-59(93)45-30-98-62(77-45)52(86)34(6)7/h10-12,16-17,29-35,38-44,46,50-51H,9,13-15,18-28,65-66H2,1-8H3,(H2,67,81)(H,68,69)(H,70,89)(H,71,94)(H,72,93)(H,73,90)(H,74,91)(H,75,95)(H,76,92)(H,78,88)(H,79,87)(H,82,83)(H,84,85)/t35-,38+,39+,40-,41+,42-,43+,44-,46-,50-,51-/m0/s1. The number of carboxylic acid groups (broad SMARTS) is 2. The van der Waals surface area contributed by atoms with E-state index in [4.69, 9.17) is 17.2 Å². The maximum absolute atomic E-state index is 15.9. The summed E-state index contributed by atoms with van der Waals surface area (Å²) < 4.78 is 0. The van der Waals surface area contributed by atoms with Crippen molar-refractivity contribution in [3.63, 3.8) is 0 Å². The second-order valence-corrected chi connectivity index (χ2v) is 26.0. The molecule has 3 heterocycles. The molecule has 18 N–H and O–H groups in total. The van der Waals surface area contributed by atoms with Crippen LogP contribution in [0.2, 0.25) is 0 Å². The molecule has 12 amide bonds. The first-order chi connectivity index (χ1) is 46.3. The Morgan fingerprint density at radius 1 is 0.653 bits per heavy atom. The van der Waals surface area contributed by atoms with Crippen LogP contribution in [0.4, 0.5) is 0 Å². The highest BCUT2D eigenvalue weighted by Crippen LogP contribution is 2.22. The van der Waals surface area contributed by atoms with Crippen LogP contribution in [0, 0.1) is 23.7 Å². The van der Waals surface area contributed by atoms with E-state index in [-0.39, 0.29) is 86.1 Å². The molecule has 0 saturated carbocycles. The highest BCUT2D eigenvalue weighted by atomic mass is 32.1. The number of imidazole rings is 1. The summed E-state index contributed by atoms with van der Waals surface area (Å²) in [5.41, 5.74) is 18.2. The second kappa shape index (κ2) is 39.6. The lowest BCUT2D eigenvalue weighted by atomic mass is 9.96. The molecule has 1 aliphatic rings. The number of benzene rings is 1. The molecule has 2 aromatic heterocycles. The maximum atomic E-state index is 15.9. The van der Waals surface area contributed by atoms with Gasteiger partial charge in [0.05, 0.1) is 19.2 Å². The van der Waals surface area contributed by atoms with Crippen LogP contribution in [0.15, 0.2) is 48.2 Å². The number of hydrogen-bond acceptors (Lipinski definition) is 20. The van der Waals surface area contributed by atoms with Crippen LogP contribution in [0.25, 0.3) is 0 Å². The molecule has 98 heavy (non-hydrogen) atoms. The number of imide groups is 1. The molecule has 1 saturated heterocycles. The van der Waals surface area contributed by atoms with Crippen molar-refractivity contribution in [3.05, 3.63) is 70.2 Å². The van der Waals surface area contributed by atoms with Gasteiger partial charge in [-0.15, -0.1) is 11.3 Å². The topological polar surface area (TPSA) is 528 Å². The predicted molar refractivity (Wildman–Crippen MR) is 354 cm³/mol. The summed E-state index contributed by atoms with van der Waals surface area (Å²) in [5.74, 6) is -20.4. The van der Waals surface area contributed by atoms with Gasteiger partial charge in [0.25, 0.3) is 17.7 Å². The first kappa shape index (κ1) is 80.9. The molecular weight excluding hydrogens is 1300 g/mol. The zero-order valence-electron chi connectivity index (χ0n) is 56.3. The van der Waals surface area contributed by atoms with Crippen LogP contribution < -0.4 is 65.1 Å². The number of rotatable bonds is 32. The molecule has 1 aromatic carbocycles. The summed E-state index contributed by atoms with van der Waals surface area (Å²) in [6, 6.07) is -9.80. The van der Waals surface area contributed by atoms with Crippen molar-refractivity contribution in [3.8, 4) is 0 Å². The zero-order chi connectivity index (χ0) is 73.1. The van der Waals surface area contributed by atoms with Crippen LogP contribution >= 0.6 is 11.3 Å². The van der Waals surface area contributed by atoms with Crippen LogP contribution in [0.1, 0.15) is 158 Å². The van der Waals surface area contributed by atoms with E-state index < -0.39 is 200 Å². The van der Waals surface area contributed by atoms with Gasteiger partial charge in [-0.1, -0.05) is 92.1 Å². The van der Waals surface area contributed by atoms with Crippen molar-refractivity contribution < 1.29 is 82.1 Å². The van der Waals surface area contributed by atoms with Gasteiger partial charge < -0.3 is 80.2 Å². The monoisotopic (exact) mass is 1390 g/mol. The van der Waals surface area contributed by atoms with Gasteiger partial charge in [0.2, 0.25) is 53.2 Å². The molecule has 0 bridgehead atoms. The number of nitrogens with one attached hydrogen (secondary N) is 10. The van der Waals surface area contributed by atoms with Gasteiger partial charge in [-0.3, -0.25) is 76.8 Å². The summed E-state index contributed by atoms with van der Waals surface area (Å²) in [6.07, 6.45) is -2.38. The normalized spacial score (nSPS) is 20.6. The molecule has 1 aliphatic heterocycles. The molecular formula is C64H94N16O17S. The fourth-order valence-electron chi connectivity index (χ4n) is 10.4. The number of carboxylic acids is 2. The maximum Gasteiger partial charge on any atom is 0.305 e. The molecule has 11 atom stereocenters. The Balaban J connectivity index is 1.98.